The van der Waals surface area contributed by atoms with E-state index in [0.717, 1.165) is 4.90 Å². The van der Waals surface area contributed by atoms with Crippen LogP contribution in [-0.4, -0.2) is 23.0 Å². The number of anilines is 1. The lowest BCUT2D eigenvalue weighted by atomic mass is 10.2. The van der Waals surface area contributed by atoms with Gasteiger partial charge in [-0.25, -0.2) is 9.78 Å². The Bertz CT molecular complexity index is 870. The summed E-state index contributed by atoms with van der Waals surface area (Å²) >= 11 is 1.43. The van der Waals surface area contributed by atoms with Crippen LogP contribution in [0.4, 0.5) is 5.69 Å². The van der Waals surface area contributed by atoms with Gasteiger partial charge in [0.1, 0.15) is 22.8 Å². The minimum Gasteiger partial charge on any atom is -0.465 e. The number of nitrogens with zero attached hydrogens (tertiary/aromatic N) is 2. The van der Waals surface area contributed by atoms with Crippen LogP contribution in [0.25, 0.3) is 0 Å². The second-order valence-corrected chi connectivity index (χ2v) is 5.99. The second kappa shape index (κ2) is 7.67. The molecule has 0 aliphatic rings. The summed E-state index contributed by atoms with van der Waals surface area (Å²) in [7, 11) is 1.33. The number of methoxy groups -OCH3 is 1. The molecular weight excluding hydrogens is 338 g/mol. The SMILES string of the molecule is COC(=O)c1ccc(Oc2ncnc(Sc3ccccc3)c2N)cc1. The van der Waals surface area contributed by atoms with Gasteiger partial charge in [0.2, 0.25) is 5.88 Å². The summed E-state index contributed by atoms with van der Waals surface area (Å²) in [6.45, 7) is 0. The Morgan fingerprint density at radius 2 is 1.76 bits per heavy atom. The van der Waals surface area contributed by atoms with Crippen LogP contribution in [0.3, 0.4) is 0 Å². The van der Waals surface area contributed by atoms with E-state index in [1.165, 1.54) is 25.2 Å². The zero-order chi connectivity index (χ0) is 17.6. The minimum absolute atomic E-state index is 0.263. The van der Waals surface area contributed by atoms with Gasteiger partial charge in [0.25, 0.3) is 0 Å². The van der Waals surface area contributed by atoms with Gasteiger partial charge in [-0.1, -0.05) is 30.0 Å². The van der Waals surface area contributed by atoms with Crippen molar-refractivity contribution in [3.05, 3.63) is 66.5 Å². The number of nitrogens with two attached hydrogens (primary N) is 1. The van der Waals surface area contributed by atoms with Gasteiger partial charge < -0.3 is 15.2 Å². The summed E-state index contributed by atoms with van der Waals surface area (Å²) in [6.07, 6.45) is 1.40. The molecule has 0 unspecified atom stereocenters. The first-order valence-electron chi connectivity index (χ1n) is 7.37. The standard InChI is InChI=1S/C18H15N3O3S/c1-23-18(22)12-7-9-13(10-8-12)24-16-15(19)17(21-11-20-16)25-14-5-3-2-4-6-14/h2-11H,19H2,1H3. The van der Waals surface area contributed by atoms with E-state index in [9.17, 15) is 4.79 Å². The van der Waals surface area contributed by atoms with Crippen LogP contribution in [-0.2, 0) is 4.74 Å². The Hall–Kier alpha value is -3.06. The van der Waals surface area contributed by atoms with Crippen molar-refractivity contribution >= 4 is 23.4 Å². The molecule has 2 N–H and O–H groups in total. The number of rotatable bonds is 5. The topological polar surface area (TPSA) is 87.3 Å². The highest BCUT2D eigenvalue weighted by Gasteiger charge is 2.12. The molecule has 6 nitrogen and oxygen atoms in total. The molecule has 0 saturated heterocycles. The third kappa shape index (κ3) is 4.07. The van der Waals surface area contributed by atoms with Crippen molar-refractivity contribution in [2.24, 2.45) is 0 Å². The molecule has 0 bridgehead atoms. The Kier molecular flexibility index (Phi) is 5.15. The van der Waals surface area contributed by atoms with Crippen molar-refractivity contribution in [2.45, 2.75) is 9.92 Å². The quantitative estimate of drug-likeness (QED) is 0.551. The number of aromatic nitrogens is 2. The average Bonchev–Trinajstić information content (AvgIpc) is 2.66. The van der Waals surface area contributed by atoms with Crippen LogP contribution in [0.1, 0.15) is 10.4 Å². The van der Waals surface area contributed by atoms with E-state index < -0.39 is 5.97 Å². The summed E-state index contributed by atoms with van der Waals surface area (Å²) in [4.78, 5) is 20.8. The molecule has 0 atom stereocenters. The number of hydrogen-bond acceptors (Lipinski definition) is 7. The van der Waals surface area contributed by atoms with Crippen LogP contribution in [0.2, 0.25) is 0 Å². The molecule has 0 saturated carbocycles. The second-order valence-electron chi connectivity index (χ2n) is 4.93. The smallest absolute Gasteiger partial charge is 0.337 e. The van der Waals surface area contributed by atoms with Gasteiger partial charge in [-0.3, -0.25) is 0 Å². The molecule has 0 aliphatic heterocycles. The van der Waals surface area contributed by atoms with E-state index in [-0.39, 0.29) is 5.88 Å². The van der Waals surface area contributed by atoms with Crippen LogP contribution in [0.15, 0.2) is 70.8 Å². The third-order valence-corrected chi connectivity index (χ3v) is 4.29. The van der Waals surface area contributed by atoms with Crippen molar-refractivity contribution in [1.82, 2.24) is 9.97 Å². The highest BCUT2D eigenvalue weighted by atomic mass is 32.2. The predicted octanol–water partition coefficient (Wildman–Crippen LogP) is 3.79. The third-order valence-electron chi connectivity index (χ3n) is 3.26. The fourth-order valence-corrected chi connectivity index (χ4v) is 2.83. The van der Waals surface area contributed by atoms with Crippen molar-refractivity contribution in [3.63, 3.8) is 0 Å². The fourth-order valence-electron chi connectivity index (χ4n) is 2.02. The first-order chi connectivity index (χ1) is 12.2. The molecule has 1 heterocycles. The number of carbonyl (C=O) groups excluding carboxylic acids is 1. The molecule has 126 valence electrons. The summed E-state index contributed by atoms with van der Waals surface area (Å²) in [5.74, 6) is 0.364. The normalized spacial score (nSPS) is 10.3. The zero-order valence-corrected chi connectivity index (χ0v) is 14.2. The van der Waals surface area contributed by atoms with Crippen molar-refractivity contribution in [2.75, 3.05) is 12.8 Å². The maximum atomic E-state index is 11.4. The maximum absolute atomic E-state index is 11.4. The van der Waals surface area contributed by atoms with Crippen molar-refractivity contribution < 1.29 is 14.3 Å². The number of benzene rings is 2. The van der Waals surface area contributed by atoms with Gasteiger partial charge in [0, 0.05) is 4.90 Å². The van der Waals surface area contributed by atoms with Gasteiger partial charge in [0.15, 0.2) is 0 Å². The maximum Gasteiger partial charge on any atom is 0.337 e. The molecule has 0 spiro atoms. The predicted molar refractivity (Wildman–Crippen MR) is 94.9 cm³/mol. The average molecular weight is 353 g/mol. The number of nitrogen functional groups attached to an aromatic ring is 1. The molecule has 7 heteroatoms. The molecule has 25 heavy (non-hydrogen) atoms. The monoisotopic (exact) mass is 353 g/mol. The van der Waals surface area contributed by atoms with Crippen LogP contribution in [0, 0.1) is 0 Å². The summed E-state index contributed by atoms with van der Waals surface area (Å²) < 4.78 is 10.4. The molecule has 1 aromatic heterocycles. The van der Waals surface area contributed by atoms with Gasteiger partial charge in [-0.05, 0) is 36.4 Å². The molecule has 0 fully saturated rings. The van der Waals surface area contributed by atoms with Crippen LogP contribution < -0.4 is 10.5 Å². The van der Waals surface area contributed by atoms with Gasteiger partial charge in [0.05, 0.1) is 12.7 Å². The van der Waals surface area contributed by atoms with Crippen molar-refractivity contribution in [3.8, 4) is 11.6 Å². The van der Waals surface area contributed by atoms with Crippen LogP contribution in [0.5, 0.6) is 11.6 Å². The van der Waals surface area contributed by atoms with Crippen LogP contribution >= 0.6 is 11.8 Å². The van der Waals surface area contributed by atoms with E-state index >= 15 is 0 Å². The number of hydrogen-bond donors (Lipinski definition) is 1. The zero-order valence-electron chi connectivity index (χ0n) is 13.4. The highest BCUT2D eigenvalue weighted by Crippen LogP contribution is 2.35. The van der Waals surface area contributed by atoms with E-state index in [0.29, 0.717) is 22.0 Å². The Morgan fingerprint density at radius 3 is 2.44 bits per heavy atom. The lowest BCUT2D eigenvalue weighted by molar-refractivity contribution is 0.0600. The molecule has 0 amide bonds. The molecule has 3 rings (SSSR count). The lowest BCUT2D eigenvalue weighted by Crippen LogP contribution is -2.01. The molecule has 0 aliphatic carbocycles. The first kappa shape index (κ1) is 16.8. The molecule has 3 aromatic rings. The minimum atomic E-state index is -0.408. The summed E-state index contributed by atoms with van der Waals surface area (Å²) in [6, 6.07) is 16.3. The largest absolute Gasteiger partial charge is 0.465 e. The molecule has 0 radical (unpaired) electrons. The summed E-state index contributed by atoms with van der Waals surface area (Å²) in [5.41, 5.74) is 6.92. The number of esters is 1. The lowest BCUT2D eigenvalue weighted by Gasteiger charge is -2.10. The Morgan fingerprint density at radius 1 is 1.04 bits per heavy atom. The number of carbonyl (C=O) groups is 1. The Balaban J connectivity index is 1.79. The van der Waals surface area contributed by atoms with Gasteiger partial charge in [-0.2, -0.15) is 4.98 Å². The van der Waals surface area contributed by atoms with Gasteiger partial charge in [-0.15, -0.1) is 0 Å². The molecule has 2 aromatic carbocycles. The summed E-state index contributed by atoms with van der Waals surface area (Å²) in [5, 5.41) is 0.613. The fraction of sp³-hybridized carbons (Fsp3) is 0.0556. The van der Waals surface area contributed by atoms with E-state index in [1.54, 1.807) is 24.3 Å². The van der Waals surface area contributed by atoms with E-state index in [2.05, 4.69) is 14.7 Å². The van der Waals surface area contributed by atoms with E-state index in [1.807, 2.05) is 30.3 Å². The van der Waals surface area contributed by atoms with E-state index in [4.69, 9.17) is 10.5 Å². The highest BCUT2D eigenvalue weighted by molar-refractivity contribution is 7.99. The molecular formula is C18H15N3O3S. The van der Waals surface area contributed by atoms with Crippen molar-refractivity contribution in [1.29, 1.82) is 0 Å². The Labute approximate surface area is 149 Å². The van der Waals surface area contributed by atoms with Gasteiger partial charge >= 0.3 is 5.97 Å². The first-order valence-corrected chi connectivity index (χ1v) is 8.18. The number of ether oxygens (including phenoxy) is 2.